The Morgan fingerprint density at radius 3 is 2.83 bits per heavy atom. The molecule has 1 fully saturated rings. The second-order valence-electron chi connectivity index (χ2n) is 6.78. The highest BCUT2D eigenvalue weighted by molar-refractivity contribution is 5.90. The molecule has 0 radical (unpaired) electrons. The van der Waals surface area contributed by atoms with Crippen molar-refractivity contribution in [2.75, 3.05) is 18.0 Å². The standard InChI is InChI=1S/C19H17FN8O/c20-14-3-1-2-4-15(14)28-12-23-16(25-28)19(29)24-13-5-8-27(11-13)18-17-21-6-9-26(17)10-7-22-18/h1-4,6-7,9-10,12-13H,5,8,11H2,(H,24,29). The Morgan fingerprint density at radius 2 is 1.97 bits per heavy atom. The van der Waals surface area contributed by atoms with Crippen molar-refractivity contribution in [2.24, 2.45) is 0 Å². The van der Waals surface area contributed by atoms with E-state index < -0.39 is 5.82 Å². The molecule has 0 saturated carbocycles. The van der Waals surface area contributed by atoms with Crippen LogP contribution in [0.1, 0.15) is 17.0 Å². The number of carbonyl (C=O) groups excluding carboxylic acids is 1. The number of amides is 1. The Kier molecular flexibility index (Phi) is 4.15. The van der Waals surface area contributed by atoms with Crippen LogP contribution in [0.3, 0.4) is 0 Å². The number of benzene rings is 1. The molecule has 1 aromatic carbocycles. The molecule has 4 heterocycles. The van der Waals surface area contributed by atoms with Crippen molar-refractivity contribution in [3.63, 3.8) is 0 Å². The lowest BCUT2D eigenvalue weighted by molar-refractivity contribution is 0.0930. The summed E-state index contributed by atoms with van der Waals surface area (Å²) >= 11 is 0. The monoisotopic (exact) mass is 392 g/mol. The number of fused-ring (bicyclic) bond motifs is 1. The molecule has 1 saturated heterocycles. The summed E-state index contributed by atoms with van der Waals surface area (Å²) in [4.78, 5) is 27.5. The zero-order valence-corrected chi connectivity index (χ0v) is 15.3. The predicted octanol–water partition coefficient (Wildman–Crippen LogP) is 1.46. The van der Waals surface area contributed by atoms with Crippen LogP contribution in [0.15, 0.2) is 55.4 Å². The number of para-hydroxylation sites is 1. The quantitative estimate of drug-likeness (QED) is 0.565. The second-order valence-corrected chi connectivity index (χ2v) is 6.78. The average Bonchev–Trinajstić information content (AvgIpc) is 3.48. The maximum Gasteiger partial charge on any atom is 0.291 e. The van der Waals surface area contributed by atoms with Crippen LogP contribution in [-0.2, 0) is 0 Å². The van der Waals surface area contributed by atoms with E-state index in [0.717, 1.165) is 24.4 Å². The zero-order chi connectivity index (χ0) is 19.8. The molecule has 0 bridgehead atoms. The van der Waals surface area contributed by atoms with Crippen LogP contribution in [0, 0.1) is 5.82 Å². The van der Waals surface area contributed by atoms with Gasteiger partial charge in [-0.2, -0.15) is 0 Å². The van der Waals surface area contributed by atoms with E-state index in [2.05, 4.69) is 30.3 Å². The Labute approximate surface area is 164 Å². The van der Waals surface area contributed by atoms with Gasteiger partial charge in [0.2, 0.25) is 5.82 Å². The summed E-state index contributed by atoms with van der Waals surface area (Å²) in [6, 6.07) is 6.12. The highest BCUT2D eigenvalue weighted by Crippen LogP contribution is 2.22. The van der Waals surface area contributed by atoms with Crippen LogP contribution in [0.4, 0.5) is 10.2 Å². The van der Waals surface area contributed by atoms with E-state index in [1.54, 1.807) is 30.6 Å². The van der Waals surface area contributed by atoms with Gasteiger partial charge in [0, 0.05) is 43.9 Å². The van der Waals surface area contributed by atoms with Gasteiger partial charge in [0.25, 0.3) is 5.91 Å². The number of rotatable bonds is 4. The Bertz CT molecular complexity index is 1190. The maximum absolute atomic E-state index is 13.9. The molecule has 1 aliphatic rings. The van der Waals surface area contributed by atoms with E-state index >= 15 is 0 Å². The van der Waals surface area contributed by atoms with Gasteiger partial charge < -0.3 is 14.6 Å². The van der Waals surface area contributed by atoms with Crippen LogP contribution in [0.5, 0.6) is 0 Å². The summed E-state index contributed by atoms with van der Waals surface area (Å²) in [7, 11) is 0. The zero-order valence-electron chi connectivity index (χ0n) is 15.3. The fourth-order valence-electron chi connectivity index (χ4n) is 3.50. The highest BCUT2D eigenvalue weighted by Gasteiger charge is 2.27. The minimum absolute atomic E-state index is 0.000173. The van der Waals surface area contributed by atoms with Crippen LogP contribution in [0.2, 0.25) is 0 Å². The van der Waals surface area contributed by atoms with Gasteiger partial charge in [-0.25, -0.2) is 24.0 Å². The first kappa shape index (κ1) is 17.3. The number of nitrogens with one attached hydrogen (secondary N) is 1. The number of imidazole rings is 1. The number of halogens is 1. The lowest BCUT2D eigenvalue weighted by Crippen LogP contribution is -2.37. The summed E-state index contributed by atoms with van der Waals surface area (Å²) in [5.74, 6) is -0.0354. The molecule has 0 aliphatic carbocycles. The Balaban J connectivity index is 1.28. The predicted molar refractivity (Wildman–Crippen MR) is 102 cm³/mol. The van der Waals surface area contributed by atoms with Crippen LogP contribution < -0.4 is 10.2 Å². The summed E-state index contributed by atoms with van der Waals surface area (Å²) < 4.78 is 17.1. The smallest absolute Gasteiger partial charge is 0.291 e. The molecule has 5 rings (SSSR count). The van der Waals surface area contributed by atoms with E-state index in [9.17, 15) is 9.18 Å². The summed E-state index contributed by atoms with van der Waals surface area (Å²) in [5.41, 5.74) is 1.02. The minimum Gasteiger partial charge on any atom is -0.351 e. The van der Waals surface area contributed by atoms with E-state index in [4.69, 9.17) is 0 Å². The maximum atomic E-state index is 13.9. The fraction of sp³-hybridized carbons (Fsp3) is 0.211. The number of hydrogen-bond acceptors (Lipinski definition) is 6. The van der Waals surface area contributed by atoms with Crippen molar-refractivity contribution >= 4 is 17.4 Å². The molecule has 4 aromatic rings. The molecule has 1 N–H and O–H groups in total. The second kappa shape index (κ2) is 6.97. The first-order valence-electron chi connectivity index (χ1n) is 9.19. The Hall–Kier alpha value is -3.82. The molecule has 1 unspecified atom stereocenters. The lowest BCUT2D eigenvalue weighted by atomic mass is 10.2. The molecule has 146 valence electrons. The topological polar surface area (TPSA) is 93.2 Å². The van der Waals surface area contributed by atoms with Crippen LogP contribution >= 0.6 is 0 Å². The third-order valence-corrected chi connectivity index (χ3v) is 4.91. The van der Waals surface area contributed by atoms with Crippen LogP contribution in [-0.4, -0.2) is 54.2 Å². The first-order chi connectivity index (χ1) is 14.2. The molecule has 10 heteroatoms. The molecule has 3 aromatic heterocycles. The number of carbonyl (C=O) groups is 1. The Morgan fingerprint density at radius 1 is 1.14 bits per heavy atom. The van der Waals surface area contributed by atoms with Crippen LogP contribution in [0.25, 0.3) is 11.3 Å². The van der Waals surface area contributed by atoms with Gasteiger partial charge in [0.15, 0.2) is 11.5 Å². The number of hydrogen-bond donors (Lipinski definition) is 1. The van der Waals surface area contributed by atoms with Gasteiger partial charge in [0.1, 0.15) is 17.8 Å². The largest absolute Gasteiger partial charge is 0.351 e. The van der Waals surface area contributed by atoms with Crippen molar-refractivity contribution in [3.05, 3.63) is 67.0 Å². The third kappa shape index (κ3) is 3.18. The van der Waals surface area contributed by atoms with Crippen molar-refractivity contribution in [1.82, 2.24) is 34.4 Å². The minimum atomic E-state index is -0.434. The first-order valence-corrected chi connectivity index (χ1v) is 9.19. The van der Waals surface area contributed by atoms with E-state index in [-0.39, 0.29) is 23.5 Å². The van der Waals surface area contributed by atoms with Crippen molar-refractivity contribution in [1.29, 1.82) is 0 Å². The van der Waals surface area contributed by atoms with Gasteiger partial charge >= 0.3 is 0 Å². The summed E-state index contributed by atoms with van der Waals surface area (Å²) in [5, 5.41) is 7.06. The van der Waals surface area contributed by atoms with Crippen molar-refractivity contribution in [3.8, 4) is 5.69 Å². The number of aromatic nitrogens is 6. The fourth-order valence-corrected chi connectivity index (χ4v) is 3.50. The molecular formula is C19H17FN8O. The molecule has 1 atom stereocenters. The van der Waals surface area contributed by atoms with Gasteiger partial charge in [-0.3, -0.25) is 4.79 Å². The van der Waals surface area contributed by atoms with Crippen molar-refractivity contribution in [2.45, 2.75) is 12.5 Å². The average molecular weight is 392 g/mol. The van der Waals surface area contributed by atoms with E-state index in [1.807, 2.05) is 16.8 Å². The van der Waals surface area contributed by atoms with Gasteiger partial charge in [0.05, 0.1) is 0 Å². The molecule has 1 aliphatic heterocycles. The molecule has 29 heavy (non-hydrogen) atoms. The lowest BCUT2D eigenvalue weighted by Gasteiger charge is -2.18. The summed E-state index contributed by atoms with van der Waals surface area (Å²) in [6.07, 6.45) is 9.27. The molecular weight excluding hydrogens is 375 g/mol. The van der Waals surface area contributed by atoms with Gasteiger partial charge in [-0.05, 0) is 18.6 Å². The number of anilines is 1. The van der Waals surface area contributed by atoms with E-state index in [0.29, 0.717) is 6.54 Å². The third-order valence-electron chi connectivity index (χ3n) is 4.91. The molecule has 9 nitrogen and oxygen atoms in total. The van der Waals surface area contributed by atoms with Crippen molar-refractivity contribution < 1.29 is 9.18 Å². The van der Waals surface area contributed by atoms with Gasteiger partial charge in [-0.1, -0.05) is 12.1 Å². The van der Waals surface area contributed by atoms with Gasteiger partial charge in [-0.15, -0.1) is 5.10 Å². The SMILES string of the molecule is O=C(NC1CCN(c2nccn3ccnc23)C1)c1ncn(-c2ccccc2F)n1. The highest BCUT2D eigenvalue weighted by atomic mass is 19.1. The van der Waals surface area contributed by atoms with E-state index in [1.165, 1.54) is 17.1 Å². The molecule has 1 amide bonds. The normalized spacial score (nSPS) is 16.4. The number of nitrogens with zero attached hydrogens (tertiary/aromatic N) is 7. The molecule has 0 spiro atoms. The summed E-state index contributed by atoms with van der Waals surface area (Å²) in [6.45, 7) is 1.36.